The summed E-state index contributed by atoms with van der Waals surface area (Å²) in [5.74, 6) is 2.91. The van der Waals surface area contributed by atoms with Gasteiger partial charge >= 0.3 is 5.69 Å². The van der Waals surface area contributed by atoms with Gasteiger partial charge in [0, 0.05) is 6.20 Å². The van der Waals surface area contributed by atoms with Gasteiger partial charge < -0.3 is 25.8 Å². The monoisotopic (exact) mass is 339 g/mol. The molecule has 0 aromatic carbocycles. The lowest BCUT2D eigenvalue weighted by molar-refractivity contribution is -0.0549. The van der Waals surface area contributed by atoms with Crippen molar-refractivity contribution >= 4 is 13.9 Å². The fraction of sp³-hybridized carbons (Fsp3) is 0.571. The standard InChI is InChI=1S/C14H21N3O5Si/c1-23(2,3)5-4-8-6-17(14(21)16-12(8)15)13-11(20)10(19)9(7-18)22-13/h6,9-11,13,18-20H,7H2,1-3H3,(H2,15,16,21)/t9-,10?,11+,13-/m1/s1. The van der Waals surface area contributed by atoms with Crippen LogP contribution in [0.5, 0.6) is 0 Å². The van der Waals surface area contributed by atoms with Crippen LogP contribution in [0, 0.1) is 11.5 Å². The van der Waals surface area contributed by atoms with E-state index in [9.17, 15) is 15.0 Å². The Kier molecular flexibility index (Phi) is 4.93. The van der Waals surface area contributed by atoms with Crippen molar-refractivity contribution in [2.24, 2.45) is 0 Å². The molecular weight excluding hydrogens is 318 g/mol. The molecule has 1 aromatic rings. The topological polar surface area (TPSA) is 131 Å². The van der Waals surface area contributed by atoms with Crippen LogP contribution in [0.15, 0.2) is 11.0 Å². The van der Waals surface area contributed by atoms with Crippen molar-refractivity contribution in [2.75, 3.05) is 12.3 Å². The van der Waals surface area contributed by atoms with Crippen molar-refractivity contribution in [1.29, 1.82) is 0 Å². The lowest BCUT2D eigenvalue weighted by Crippen LogP contribution is -2.36. The van der Waals surface area contributed by atoms with E-state index in [0.717, 1.165) is 4.57 Å². The Morgan fingerprint density at radius 1 is 1.39 bits per heavy atom. The van der Waals surface area contributed by atoms with Gasteiger partial charge in [0.25, 0.3) is 0 Å². The number of aliphatic hydroxyl groups is 3. The molecule has 2 rings (SSSR count). The largest absolute Gasteiger partial charge is 0.394 e. The van der Waals surface area contributed by atoms with Crippen molar-refractivity contribution in [3.8, 4) is 11.5 Å². The van der Waals surface area contributed by atoms with Crippen molar-refractivity contribution in [2.45, 2.75) is 44.2 Å². The Morgan fingerprint density at radius 3 is 2.57 bits per heavy atom. The number of rotatable bonds is 2. The molecule has 8 nitrogen and oxygen atoms in total. The van der Waals surface area contributed by atoms with E-state index >= 15 is 0 Å². The number of nitrogens with two attached hydrogens (primary N) is 1. The molecular formula is C14H21N3O5Si. The number of anilines is 1. The minimum absolute atomic E-state index is 0.00347. The van der Waals surface area contributed by atoms with E-state index in [2.05, 4.69) is 36.1 Å². The first kappa shape index (κ1) is 17.6. The molecule has 126 valence electrons. The molecule has 1 unspecified atom stereocenters. The molecule has 0 bridgehead atoms. The second-order valence-electron chi connectivity index (χ2n) is 6.46. The van der Waals surface area contributed by atoms with Gasteiger partial charge in [-0.25, -0.2) is 4.79 Å². The highest BCUT2D eigenvalue weighted by Crippen LogP contribution is 2.28. The van der Waals surface area contributed by atoms with Gasteiger partial charge in [-0.2, -0.15) is 4.98 Å². The Labute approximate surface area is 134 Å². The normalized spacial score (nSPS) is 27.6. The second kappa shape index (κ2) is 6.43. The summed E-state index contributed by atoms with van der Waals surface area (Å²) in [5, 5.41) is 28.9. The number of nitrogens with zero attached hydrogens (tertiary/aromatic N) is 2. The maximum absolute atomic E-state index is 12.0. The Morgan fingerprint density at radius 2 is 2.04 bits per heavy atom. The van der Waals surface area contributed by atoms with Gasteiger partial charge in [0.2, 0.25) is 0 Å². The Balaban J connectivity index is 2.44. The van der Waals surface area contributed by atoms with E-state index < -0.39 is 44.9 Å². The second-order valence-corrected chi connectivity index (χ2v) is 11.2. The highest BCUT2D eigenvalue weighted by atomic mass is 28.3. The van der Waals surface area contributed by atoms with Crippen LogP contribution >= 0.6 is 0 Å². The quantitative estimate of drug-likeness (QED) is 0.388. The number of aliphatic hydroxyl groups excluding tert-OH is 3. The van der Waals surface area contributed by atoms with Crippen LogP contribution in [0.25, 0.3) is 0 Å². The summed E-state index contributed by atoms with van der Waals surface area (Å²) in [6.45, 7) is 5.71. The van der Waals surface area contributed by atoms with Crippen LogP contribution in [0.1, 0.15) is 11.8 Å². The SMILES string of the molecule is C[Si](C)(C)C#Cc1cn([C@@H]2O[C@H](CO)C(O)[C@@H]2O)c(=O)nc1N. The molecule has 0 aliphatic carbocycles. The number of aromatic nitrogens is 2. The van der Waals surface area contributed by atoms with Gasteiger partial charge in [0.1, 0.15) is 32.2 Å². The van der Waals surface area contributed by atoms with E-state index in [1.807, 2.05) is 0 Å². The van der Waals surface area contributed by atoms with E-state index in [1.54, 1.807) is 0 Å². The molecule has 4 atom stereocenters. The molecule has 2 heterocycles. The van der Waals surface area contributed by atoms with Gasteiger partial charge in [-0.15, -0.1) is 5.54 Å². The summed E-state index contributed by atoms with van der Waals surface area (Å²) in [7, 11) is -1.65. The lowest BCUT2D eigenvalue weighted by Gasteiger charge is -2.17. The highest BCUT2D eigenvalue weighted by Gasteiger charge is 2.43. The van der Waals surface area contributed by atoms with Crippen LogP contribution < -0.4 is 11.4 Å². The smallest absolute Gasteiger partial charge is 0.351 e. The summed E-state index contributed by atoms with van der Waals surface area (Å²) in [6, 6.07) is 0. The number of ether oxygens (including phenoxy) is 1. The first-order valence-electron chi connectivity index (χ1n) is 7.18. The molecule has 0 amide bonds. The highest BCUT2D eigenvalue weighted by molar-refractivity contribution is 6.83. The summed E-state index contributed by atoms with van der Waals surface area (Å²) in [4.78, 5) is 15.7. The van der Waals surface area contributed by atoms with Gasteiger partial charge in [-0.3, -0.25) is 4.57 Å². The maximum atomic E-state index is 12.0. The average Bonchev–Trinajstić information content (AvgIpc) is 2.73. The first-order chi connectivity index (χ1) is 10.6. The van der Waals surface area contributed by atoms with Crippen LogP contribution in [0.4, 0.5) is 5.82 Å². The minimum atomic E-state index is -1.65. The van der Waals surface area contributed by atoms with E-state index in [4.69, 9.17) is 15.6 Å². The van der Waals surface area contributed by atoms with Crippen LogP contribution in [-0.4, -0.2) is 57.9 Å². The average molecular weight is 339 g/mol. The first-order valence-corrected chi connectivity index (χ1v) is 10.7. The van der Waals surface area contributed by atoms with Crippen molar-refractivity contribution in [3.63, 3.8) is 0 Å². The Bertz CT molecular complexity index is 703. The zero-order valence-electron chi connectivity index (χ0n) is 13.2. The maximum Gasteiger partial charge on any atom is 0.351 e. The molecule has 23 heavy (non-hydrogen) atoms. The predicted octanol–water partition coefficient (Wildman–Crippen LogP) is -1.33. The molecule has 0 saturated carbocycles. The van der Waals surface area contributed by atoms with Gasteiger partial charge in [0.15, 0.2) is 6.23 Å². The fourth-order valence-corrected chi connectivity index (χ4v) is 2.63. The van der Waals surface area contributed by atoms with Gasteiger partial charge in [-0.05, 0) is 0 Å². The summed E-state index contributed by atoms with van der Waals surface area (Å²) in [5.41, 5.74) is 8.47. The van der Waals surface area contributed by atoms with Crippen LogP contribution in [0.3, 0.4) is 0 Å². The van der Waals surface area contributed by atoms with E-state index in [0.29, 0.717) is 5.56 Å². The lowest BCUT2D eigenvalue weighted by atomic mass is 10.1. The fourth-order valence-electron chi connectivity index (χ4n) is 2.12. The Hall–Kier alpha value is -1.70. The third kappa shape index (κ3) is 3.80. The molecule has 1 aromatic heterocycles. The minimum Gasteiger partial charge on any atom is -0.394 e. The van der Waals surface area contributed by atoms with Crippen LogP contribution in [-0.2, 0) is 4.74 Å². The third-order valence-electron chi connectivity index (χ3n) is 3.34. The number of hydrogen-bond donors (Lipinski definition) is 4. The molecule has 1 aliphatic rings. The van der Waals surface area contributed by atoms with Gasteiger partial charge in [-0.1, -0.05) is 25.6 Å². The molecule has 1 aliphatic heterocycles. The molecule has 1 fully saturated rings. The summed E-state index contributed by atoms with van der Waals surface area (Å²) < 4.78 is 6.37. The van der Waals surface area contributed by atoms with E-state index in [-0.39, 0.29) is 5.82 Å². The van der Waals surface area contributed by atoms with E-state index in [1.165, 1.54) is 6.20 Å². The number of hydrogen-bond acceptors (Lipinski definition) is 7. The number of nitrogen functional groups attached to an aromatic ring is 1. The zero-order chi connectivity index (χ0) is 17.4. The zero-order valence-corrected chi connectivity index (χ0v) is 14.2. The summed E-state index contributed by atoms with van der Waals surface area (Å²) in [6.07, 6.45) is -3.44. The third-order valence-corrected chi connectivity index (χ3v) is 4.22. The van der Waals surface area contributed by atoms with Crippen molar-refractivity contribution in [1.82, 2.24) is 9.55 Å². The summed E-state index contributed by atoms with van der Waals surface area (Å²) >= 11 is 0. The van der Waals surface area contributed by atoms with Gasteiger partial charge in [0.05, 0.1) is 12.2 Å². The predicted molar refractivity (Wildman–Crippen MR) is 86.1 cm³/mol. The molecule has 5 N–H and O–H groups in total. The molecule has 0 radical (unpaired) electrons. The molecule has 0 spiro atoms. The van der Waals surface area contributed by atoms with Crippen molar-refractivity contribution < 1.29 is 20.1 Å². The molecule has 1 saturated heterocycles. The van der Waals surface area contributed by atoms with Crippen LogP contribution in [0.2, 0.25) is 19.6 Å². The molecule has 9 heteroatoms. The van der Waals surface area contributed by atoms with Crippen molar-refractivity contribution in [3.05, 3.63) is 22.2 Å².